The SMILES string of the molecule is Fc1c(-c2ccccc2)cc(CC2CC2)c(C2CCCCC2)c1F. The Bertz CT molecular complexity index is 710. The molecule has 0 atom stereocenters. The van der Waals surface area contributed by atoms with Crippen LogP contribution in [-0.4, -0.2) is 0 Å². The average Bonchev–Trinajstić information content (AvgIpc) is 3.44. The van der Waals surface area contributed by atoms with E-state index in [0.717, 1.165) is 43.2 Å². The van der Waals surface area contributed by atoms with Crippen molar-refractivity contribution < 1.29 is 8.78 Å². The molecule has 0 bridgehead atoms. The Labute approximate surface area is 142 Å². The van der Waals surface area contributed by atoms with E-state index in [0.29, 0.717) is 17.0 Å². The van der Waals surface area contributed by atoms with Gasteiger partial charge < -0.3 is 0 Å². The summed E-state index contributed by atoms with van der Waals surface area (Å²) in [6, 6.07) is 11.3. The maximum absolute atomic E-state index is 15.1. The lowest BCUT2D eigenvalue weighted by Gasteiger charge is -2.26. The van der Waals surface area contributed by atoms with Crippen LogP contribution < -0.4 is 0 Å². The van der Waals surface area contributed by atoms with Crippen LogP contribution in [0.5, 0.6) is 0 Å². The second-order valence-electron chi connectivity index (χ2n) is 7.47. The molecule has 2 saturated carbocycles. The third-order valence-electron chi connectivity index (χ3n) is 5.63. The standard InChI is InChI=1S/C22H24F2/c23-21-19(16-7-3-1-4-8-16)14-18(13-15-11-12-15)20(22(21)24)17-9-5-2-6-10-17/h1,3-4,7-8,14-15,17H,2,5-6,9-13H2. The first-order valence-electron chi connectivity index (χ1n) is 9.30. The molecule has 0 spiro atoms. The van der Waals surface area contributed by atoms with E-state index >= 15 is 4.39 Å². The van der Waals surface area contributed by atoms with Gasteiger partial charge in [-0.1, -0.05) is 49.6 Å². The van der Waals surface area contributed by atoms with Gasteiger partial charge in [0.2, 0.25) is 0 Å². The smallest absolute Gasteiger partial charge is 0.166 e. The average molecular weight is 326 g/mol. The summed E-state index contributed by atoms with van der Waals surface area (Å²) >= 11 is 0. The fourth-order valence-electron chi connectivity index (χ4n) is 4.16. The summed E-state index contributed by atoms with van der Waals surface area (Å²) in [4.78, 5) is 0. The first kappa shape index (κ1) is 15.8. The largest absolute Gasteiger partial charge is 0.203 e. The Hall–Kier alpha value is -1.70. The summed E-state index contributed by atoms with van der Waals surface area (Å²) in [6.07, 6.45) is 8.85. The Morgan fingerprint density at radius 1 is 0.833 bits per heavy atom. The molecule has 4 rings (SSSR count). The summed E-state index contributed by atoms with van der Waals surface area (Å²) in [7, 11) is 0. The molecule has 2 aromatic carbocycles. The van der Waals surface area contributed by atoms with Crippen LogP contribution in [0.25, 0.3) is 11.1 Å². The molecular weight excluding hydrogens is 302 g/mol. The first-order valence-corrected chi connectivity index (χ1v) is 9.30. The molecule has 0 nitrogen and oxygen atoms in total. The van der Waals surface area contributed by atoms with Crippen LogP contribution >= 0.6 is 0 Å². The van der Waals surface area contributed by atoms with E-state index in [1.54, 1.807) is 0 Å². The lowest BCUT2D eigenvalue weighted by Crippen LogP contribution is -2.12. The molecule has 2 aliphatic rings. The molecule has 0 heterocycles. The highest BCUT2D eigenvalue weighted by Gasteiger charge is 2.30. The Balaban J connectivity index is 1.81. The quantitative estimate of drug-likeness (QED) is 0.591. The number of halogens is 2. The summed E-state index contributed by atoms with van der Waals surface area (Å²) < 4.78 is 29.9. The van der Waals surface area contributed by atoms with E-state index in [-0.39, 0.29) is 5.92 Å². The van der Waals surface area contributed by atoms with Gasteiger partial charge in [0.1, 0.15) is 0 Å². The van der Waals surface area contributed by atoms with Crippen molar-refractivity contribution in [3.05, 3.63) is 59.2 Å². The molecule has 126 valence electrons. The Kier molecular flexibility index (Phi) is 4.39. The summed E-state index contributed by atoms with van der Waals surface area (Å²) in [5.74, 6) is -0.382. The highest BCUT2D eigenvalue weighted by atomic mass is 19.2. The lowest BCUT2D eigenvalue weighted by molar-refractivity contribution is 0.414. The van der Waals surface area contributed by atoms with E-state index in [4.69, 9.17) is 0 Å². The predicted molar refractivity (Wildman–Crippen MR) is 94.0 cm³/mol. The van der Waals surface area contributed by atoms with Crippen LogP contribution in [-0.2, 0) is 6.42 Å². The molecule has 0 unspecified atom stereocenters. The van der Waals surface area contributed by atoms with Gasteiger partial charge in [0.15, 0.2) is 11.6 Å². The lowest BCUT2D eigenvalue weighted by atomic mass is 9.80. The second kappa shape index (κ2) is 6.66. The van der Waals surface area contributed by atoms with Gasteiger partial charge in [-0.2, -0.15) is 0 Å². The van der Waals surface area contributed by atoms with Crippen molar-refractivity contribution in [2.24, 2.45) is 5.92 Å². The number of hydrogen-bond donors (Lipinski definition) is 0. The molecule has 2 heteroatoms. The zero-order valence-corrected chi connectivity index (χ0v) is 14.0. The highest BCUT2D eigenvalue weighted by molar-refractivity contribution is 5.66. The Morgan fingerprint density at radius 3 is 2.21 bits per heavy atom. The maximum Gasteiger partial charge on any atom is 0.166 e. The molecule has 0 aromatic heterocycles. The highest BCUT2D eigenvalue weighted by Crippen LogP contribution is 2.42. The first-order chi connectivity index (χ1) is 11.7. The van der Waals surface area contributed by atoms with Gasteiger partial charge in [0.05, 0.1) is 0 Å². The maximum atomic E-state index is 15.1. The van der Waals surface area contributed by atoms with Crippen LogP contribution in [0, 0.1) is 17.6 Å². The van der Waals surface area contributed by atoms with Gasteiger partial charge in [0, 0.05) is 5.56 Å². The molecule has 0 aliphatic heterocycles. The van der Waals surface area contributed by atoms with E-state index < -0.39 is 11.6 Å². The van der Waals surface area contributed by atoms with Gasteiger partial charge in [-0.25, -0.2) is 8.78 Å². The fraction of sp³-hybridized carbons (Fsp3) is 0.455. The normalized spacial score (nSPS) is 18.8. The third-order valence-corrected chi connectivity index (χ3v) is 5.63. The van der Waals surface area contributed by atoms with Crippen molar-refractivity contribution in [3.8, 4) is 11.1 Å². The molecule has 0 N–H and O–H groups in total. The second-order valence-corrected chi connectivity index (χ2v) is 7.47. The molecule has 2 aliphatic carbocycles. The minimum Gasteiger partial charge on any atom is -0.203 e. The number of benzene rings is 2. The van der Waals surface area contributed by atoms with E-state index in [2.05, 4.69) is 0 Å². The van der Waals surface area contributed by atoms with Crippen molar-refractivity contribution in [2.75, 3.05) is 0 Å². The van der Waals surface area contributed by atoms with Gasteiger partial charge in [-0.05, 0) is 66.7 Å². The van der Waals surface area contributed by atoms with Crippen molar-refractivity contribution >= 4 is 0 Å². The molecule has 24 heavy (non-hydrogen) atoms. The number of rotatable bonds is 4. The van der Waals surface area contributed by atoms with E-state index in [1.165, 1.54) is 19.3 Å². The van der Waals surface area contributed by atoms with Gasteiger partial charge in [0.25, 0.3) is 0 Å². The van der Waals surface area contributed by atoms with Crippen LogP contribution in [0.15, 0.2) is 36.4 Å². The van der Waals surface area contributed by atoms with E-state index in [1.807, 2.05) is 36.4 Å². The molecule has 2 aromatic rings. The Morgan fingerprint density at radius 2 is 1.54 bits per heavy atom. The van der Waals surface area contributed by atoms with Gasteiger partial charge >= 0.3 is 0 Å². The monoisotopic (exact) mass is 326 g/mol. The van der Waals surface area contributed by atoms with Gasteiger partial charge in [-0.3, -0.25) is 0 Å². The topological polar surface area (TPSA) is 0 Å². The zero-order valence-electron chi connectivity index (χ0n) is 14.0. The summed E-state index contributed by atoms with van der Waals surface area (Å²) in [5.41, 5.74) is 2.94. The van der Waals surface area contributed by atoms with Crippen molar-refractivity contribution in [3.63, 3.8) is 0 Å². The fourth-order valence-corrected chi connectivity index (χ4v) is 4.16. The van der Waals surface area contributed by atoms with Crippen molar-refractivity contribution in [2.45, 2.75) is 57.3 Å². The number of hydrogen-bond acceptors (Lipinski definition) is 0. The predicted octanol–water partition coefficient (Wildman–Crippen LogP) is 6.63. The molecule has 0 saturated heterocycles. The van der Waals surface area contributed by atoms with Crippen molar-refractivity contribution in [1.82, 2.24) is 0 Å². The zero-order chi connectivity index (χ0) is 16.5. The molecular formula is C22H24F2. The third kappa shape index (κ3) is 3.11. The van der Waals surface area contributed by atoms with Crippen LogP contribution in [0.4, 0.5) is 8.78 Å². The van der Waals surface area contributed by atoms with Crippen molar-refractivity contribution in [1.29, 1.82) is 0 Å². The van der Waals surface area contributed by atoms with Crippen LogP contribution in [0.3, 0.4) is 0 Å². The molecule has 0 amide bonds. The summed E-state index contributed by atoms with van der Waals surface area (Å²) in [6.45, 7) is 0. The summed E-state index contributed by atoms with van der Waals surface area (Å²) in [5, 5.41) is 0. The van der Waals surface area contributed by atoms with E-state index in [9.17, 15) is 4.39 Å². The molecule has 2 fully saturated rings. The minimum absolute atomic E-state index is 0.201. The van der Waals surface area contributed by atoms with Crippen LogP contribution in [0.1, 0.15) is 62.0 Å². The molecule has 0 radical (unpaired) electrons. The van der Waals surface area contributed by atoms with Gasteiger partial charge in [-0.15, -0.1) is 0 Å². The van der Waals surface area contributed by atoms with Crippen LogP contribution in [0.2, 0.25) is 0 Å². The minimum atomic E-state index is -0.665.